The SMILES string of the molecule is COc1ccc(NC(=O)CCCn2c(=O)c3cccn3c3ccc(OC)cc32)nc1. The van der Waals surface area contributed by atoms with Gasteiger partial charge >= 0.3 is 0 Å². The average Bonchev–Trinajstić information content (AvgIpc) is 3.26. The Balaban J connectivity index is 1.53. The van der Waals surface area contributed by atoms with Crippen molar-refractivity contribution in [2.45, 2.75) is 19.4 Å². The maximum atomic E-state index is 13.0. The van der Waals surface area contributed by atoms with Gasteiger partial charge < -0.3 is 23.8 Å². The molecule has 0 aliphatic heterocycles. The van der Waals surface area contributed by atoms with Gasteiger partial charge in [0.1, 0.15) is 22.8 Å². The Labute approximate surface area is 172 Å². The molecule has 0 radical (unpaired) electrons. The van der Waals surface area contributed by atoms with Crippen LogP contribution in [-0.4, -0.2) is 34.1 Å². The fraction of sp³-hybridized carbons (Fsp3) is 0.227. The molecule has 0 bridgehead atoms. The number of fused-ring (bicyclic) bond motifs is 3. The highest BCUT2D eigenvalue weighted by atomic mass is 16.5. The Morgan fingerprint density at radius 2 is 1.83 bits per heavy atom. The summed E-state index contributed by atoms with van der Waals surface area (Å²) in [6, 6.07) is 12.7. The van der Waals surface area contributed by atoms with E-state index in [4.69, 9.17) is 9.47 Å². The Morgan fingerprint density at radius 1 is 1.03 bits per heavy atom. The number of nitrogens with one attached hydrogen (secondary N) is 1. The van der Waals surface area contributed by atoms with Crippen LogP contribution in [0.25, 0.3) is 16.6 Å². The summed E-state index contributed by atoms with van der Waals surface area (Å²) in [6.07, 6.45) is 4.18. The van der Waals surface area contributed by atoms with Crippen molar-refractivity contribution in [3.05, 3.63) is 65.2 Å². The Hall–Kier alpha value is -3.81. The van der Waals surface area contributed by atoms with Crippen molar-refractivity contribution in [2.24, 2.45) is 0 Å². The summed E-state index contributed by atoms with van der Waals surface area (Å²) in [5, 5.41) is 2.76. The maximum absolute atomic E-state index is 13.0. The molecule has 8 nitrogen and oxygen atoms in total. The normalized spacial score (nSPS) is 11.0. The van der Waals surface area contributed by atoms with Crippen LogP contribution in [0.3, 0.4) is 0 Å². The van der Waals surface area contributed by atoms with Gasteiger partial charge in [0.15, 0.2) is 0 Å². The van der Waals surface area contributed by atoms with Gasteiger partial charge in [-0.3, -0.25) is 9.59 Å². The van der Waals surface area contributed by atoms with Crippen molar-refractivity contribution in [2.75, 3.05) is 19.5 Å². The number of benzene rings is 1. The van der Waals surface area contributed by atoms with Crippen molar-refractivity contribution in [3.63, 3.8) is 0 Å². The first kappa shape index (κ1) is 19.5. The molecule has 0 fully saturated rings. The van der Waals surface area contributed by atoms with E-state index in [1.807, 2.05) is 34.9 Å². The molecular weight excluding hydrogens is 384 g/mol. The molecule has 0 saturated carbocycles. The van der Waals surface area contributed by atoms with Gasteiger partial charge in [-0.1, -0.05) is 0 Å². The molecule has 0 saturated heterocycles. The fourth-order valence-electron chi connectivity index (χ4n) is 3.46. The standard InChI is InChI=1S/C22H22N4O4/c1-29-15-7-9-17-19(13-15)26(22(28)18-5-3-11-25(17)18)12-4-6-21(27)24-20-10-8-16(30-2)14-23-20/h3,5,7-11,13-14H,4,6,12H2,1-2H3,(H,23,24,27). The monoisotopic (exact) mass is 406 g/mol. The number of carbonyl (C=O) groups excluding carboxylic acids is 1. The summed E-state index contributed by atoms with van der Waals surface area (Å²) in [6.45, 7) is 0.410. The largest absolute Gasteiger partial charge is 0.497 e. The van der Waals surface area contributed by atoms with Crippen LogP contribution in [0.4, 0.5) is 5.82 Å². The van der Waals surface area contributed by atoms with Crippen LogP contribution in [0.15, 0.2) is 59.7 Å². The molecule has 4 rings (SSSR count). The minimum Gasteiger partial charge on any atom is -0.497 e. The molecule has 1 amide bonds. The van der Waals surface area contributed by atoms with E-state index in [1.54, 1.807) is 43.2 Å². The lowest BCUT2D eigenvalue weighted by Gasteiger charge is -2.13. The van der Waals surface area contributed by atoms with Gasteiger partial charge in [-0.15, -0.1) is 0 Å². The lowest BCUT2D eigenvalue weighted by Crippen LogP contribution is -2.23. The number of methoxy groups -OCH3 is 2. The molecule has 1 aromatic carbocycles. The molecule has 30 heavy (non-hydrogen) atoms. The lowest BCUT2D eigenvalue weighted by atomic mass is 10.2. The summed E-state index contributed by atoms with van der Waals surface area (Å²) >= 11 is 0. The number of rotatable bonds is 7. The highest BCUT2D eigenvalue weighted by Gasteiger charge is 2.12. The first-order valence-electron chi connectivity index (χ1n) is 9.58. The smallest absolute Gasteiger partial charge is 0.275 e. The van der Waals surface area contributed by atoms with E-state index in [0.29, 0.717) is 35.8 Å². The summed E-state index contributed by atoms with van der Waals surface area (Å²) in [4.78, 5) is 29.4. The summed E-state index contributed by atoms with van der Waals surface area (Å²) in [5.41, 5.74) is 2.17. The van der Waals surface area contributed by atoms with E-state index in [2.05, 4.69) is 10.3 Å². The maximum Gasteiger partial charge on any atom is 0.275 e. The van der Waals surface area contributed by atoms with Gasteiger partial charge in [-0.05, 0) is 42.8 Å². The zero-order valence-corrected chi connectivity index (χ0v) is 16.8. The molecule has 0 unspecified atom stereocenters. The number of amides is 1. The number of carbonyl (C=O) groups is 1. The topological polar surface area (TPSA) is 86.9 Å². The number of aryl methyl sites for hydroxylation is 1. The summed E-state index contributed by atoms with van der Waals surface area (Å²) < 4.78 is 14.0. The Morgan fingerprint density at radius 3 is 2.57 bits per heavy atom. The van der Waals surface area contributed by atoms with Crippen LogP contribution in [0, 0.1) is 0 Å². The van der Waals surface area contributed by atoms with Crippen LogP contribution in [0.5, 0.6) is 11.5 Å². The molecule has 154 valence electrons. The predicted molar refractivity (Wildman–Crippen MR) is 114 cm³/mol. The second-order valence-electron chi connectivity index (χ2n) is 6.81. The molecule has 0 aliphatic carbocycles. The summed E-state index contributed by atoms with van der Waals surface area (Å²) in [7, 11) is 3.15. The molecule has 1 N–H and O–H groups in total. The third kappa shape index (κ3) is 3.71. The highest BCUT2D eigenvalue weighted by molar-refractivity contribution is 5.89. The number of nitrogens with zero attached hydrogens (tertiary/aromatic N) is 3. The van der Waals surface area contributed by atoms with E-state index in [1.165, 1.54) is 0 Å². The van der Waals surface area contributed by atoms with E-state index in [9.17, 15) is 9.59 Å². The Bertz CT molecular complexity index is 1260. The van der Waals surface area contributed by atoms with E-state index in [-0.39, 0.29) is 17.9 Å². The van der Waals surface area contributed by atoms with Crippen molar-refractivity contribution < 1.29 is 14.3 Å². The van der Waals surface area contributed by atoms with Crippen LogP contribution in [-0.2, 0) is 11.3 Å². The van der Waals surface area contributed by atoms with Crippen molar-refractivity contribution in [3.8, 4) is 11.5 Å². The predicted octanol–water partition coefficient (Wildman–Crippen LogP) is 3.09. The number of aromatic nitrogens is 3. The van der Waals surface area contributed by atoms with Crippen LogP contribution >= 0.6 is 0 Å². The molecule has 3 heterocycles. The number of ether oxygens (including phenoxy) is 2. The van der Waals surface area contributed by atoms with Crippen molar-refractivity contribution in [1.29, 1.82) is 0 Å². The summed E-state index contributed by atoms with van der Waals surface area (Å²) in [5.74, 6) is 1.59. The first-order valence-corrected chi connectivity index (χ1v) is 9.58. The van der Waals surface area contributed by atoms with Gasteiger partial charge in [0.2, 0.25) is 5.91 Å². The number of hydrogen-bond acceptors (Lipinski definition) is 5. The molecule has 3 aromatic heterocycles. The van der Waals surface area contributed by atoms with Gasteiger partial charge in [0.05, 0.1) is 31.4 Å². The molecule has 0 spiro atoms. The second-order valence-corrected chi connectivity index (χ2v) is 6.81. The average molecular weight is 406 g/mol. The number of pyridine rings is 1. The lowest BCUT2D eigenvalue weighted by molar-refractivity contribution is -0.116. The third-order valence-corrected chi connectivity index (χ3v) is 4.97. The van der Waals surface area contributed by atoms with Crippen LogP contribution < -0.4 is 20.3 Å². The molecule has 4 aromatic rings. The van der Waals surface area contributed by atoms with Crippen molar-refractivity contribution in [1.82, 2.24) is 14.0 Å². The minimum absolute atomic E-state index is 0.0991. The molecule has 0 aliphatic rings. The zero-order valence-electron chi connectivity index (χ0n) is 16.8. The molecular formula is C22H22N4O4. The van der Waals surface area contributed by atoms with Crippen LogP contribution in [0.2, 0.25) is 0 Å². The third-order valence-electron chi connectivity index (χ3n) is 4.97. The van der Waals surface area contributed by atoms with Gasteiger partial charge in [0.25, 0.3) is 5.56 Å². The van der Waals surface area contributed by atoms with Gasteiger partial charge in [-0.2, -0.15) is 0 Å². The molecule has 0 atom stereocenters. The highest BCUT2D eigenvalue weighted by Crippen LogP contribution is 2.21. The zero-order chi connectivity index (χ0) is 21.1. The van der Waals surface area contributed by atoms with Gasteiger partial charge in [0, 0.05) is 25.2 Å². The minimum atomic E-state index is -0.161. The van der Waals surface area contributed by atoms with Gasteiger partial charge in [-0.25, -0.2) is 4.98 Å². The van der Waals surface area contributed by atoms with Crippen LogP contribution in [0.1, 0.15) is 12.8 Å². The number of anilines is 1. The van der Waals surface area contributed by atoms with Crippen molar-refractivity contribution >= 4 is 28.3 Å². The van der Waals surface area contributed by atoms with E-state index in [0.717, 1.165) is 11.0 Å². The van der Waals surface area contributed by atoms with E-state index < -0.39 is 0 Å². The van der Waals surface area contributed by atoms with E-state index >= 15 is 0 Å². The molecule has 8 heteroatoms. The Kier molecular flexibility index (Phi) is 5.38. The quantitative estimate of drug-likeness (QED) is 0.510. The first-order chi connectivity index (χ1) is 14.6. The second kappa shape index (κ2) is 8.28. The number of hydrogen-bond donors (Lipinski definition) is 1. The fourth-order valence-corrected chi connectivity index (χ4v) is 3.46.